The number of phenols is 1. The van der Waals surface area contributed by atoms with Crippen LogP contribution in [-0.2, 0) is 4.79 Å². The Morgan fingerprint density at radius 3 is 2.60 bits per heavy atom. The van der Waals surface area contributed by atoms with Crippen LogP contribution < -0.4 is 5.01 Å². The number of anilines is 1. The van der Waals surface area contributed by atoms with Gasteiger partial charge in [0.2, 0.25) is 5.91 Å². The van der Waals surface area contributed by atoms with Gasteiger partial charge in [0, 0.05) is 7.05 Å². The number of para-hydroxylation sites is 2. The van der Waals surface area contributed by atoms with Crippen LogP contribution >= 0.6 is 0 Å². The first-order chi connectivity index (χ1) is 7.11. The van der Waals surface area contributed by atoms with Gasteiger partial charge in [-0.1, -0.05) is 19.1 Å². The van der Waals surface area contributed by atoms with E-state index in [0.717, 1.165) is 0 Å². The minimum atomic E-state index is -0.0189. The number of carbonyl (C=O) groups is 1. The molecule has 1 atom stereocenters. The summed E-state index contributed by atoms with van der Waals surface area (Å²) in [6.07, 6.45) is 0. The van der Waals surface area contributed by atoms with Gasteiger partial charge in [-0.2, -0.15) is 0 Å². The number of rotatable bonds is 1. The van der Waals surface area contributed by atoms with Gasteiger partial charge in [0.05, 0.1) is 18.2 Å². The van der Waals surface area contributed by atoms with Gasteiger partial charge in [-0.15, -0.1) is 0 Å². The van der Waals surface area contributed by atoms with E-state index in [-0.39, 0.29) is 17.6 Å². The molecule has 4 nitrogen and oxygen atoms in total. The summed E-state index contributed by atoms with van der Waals surface area (Å²) in [5.74, 6) is 0.263. The van der Waals surface area contributed by atoms with Crippen molar-refractivity contribution in [1.29, 1.82) is 0 Å². The quantitative estimate of drug-likeness (QED) is 0.751. The van der Waals surface area contributed by atoms with Gasteiger partial charge in [0.1, 0.15) is 5.75 Å². The Morgan fingerprint density at radius 1 is 1.40 bits per heavy atom. The highest BCUT2D eigenvalue weighted by atomic mass is 16.3. The molecule has 15 heavy (non-hydrogen) atoms. The average molecular weight is 206 g/mol. The summed E-state index contributed by atoms with van der Waals surface area (Å²) >= 11 is 0. The Hall–Kier alpha value is -1.71. The van der Waals surface area contributed by atoms with E-state index in [2.05, 4.69) is 0 Å². The number of nitrogens with zero attached hydrogens (tertiary/aromatic N) is 2. The maximum absolute atomic E-state index is 11.6. The van der Waals surface area contributed by atoms with Crippen molar-refractivity contribution in [3.8, 4) is 5.75 Å². The molecule has 80 valence electrons. The predicted molar refractivity (Wildman–Crippen MR) is 57.4 cm³/mol. The molecule has 1 saturated heterocycles. The molecule has 0 aromatic heterocycles. The van der Waals surface area contributed by atoms with Gasteiger partial charge in [-0.05, 0) is 12.1 Å². The van der Waals surface area contributed by atoms with Crippen LogP contribution in [0.4, 0.5) is 5.69 Å². The van der Waals surface area contributed by atoms with Crippen LogP contribution in [0.15, 0.2) is 24.3 Å². The molecule has 1 aromatic carbocycles. The second kappa shape index (κ2) is 3.46. The number of benzene rings is 1. The molecule has 0 aliphatic carbocycles. The summed E-state index contributed by atoms with van der Waals surface area (Å²) in [7, 11) is 1.72. The van der Waals surface area contributed by atoms with Crippen molar-refractivity contribution in [1.82, 2.24) is 5.01 Å². The fraction of sp³-hybridized carbons (Fsp3) is 0.364. The van der Waals surface area contributed by atoms with Crippen molar-refractivity contribution in [2.24, 2.45) is 5.92 Å². The van der Waals surface area contributed by atoms with E-state index in [1.165, 1.54) is 0 Å². The maximum atomic E-state index is 11.6. The number of aromatic hydroxyl groups is 1. The van der Waals surface area contributed by atoms with Crippen LogP contribution in [-0.4, -0.2) is 29.6 Å². The Labute approximate surface area is 88.7 Å². The van der Waals surface area contributed by atoms with Crippen molar-refractivity contribution < 1.29 is 9.90 Å². The number of hydrogen-bond donors (Lipinski definition) is 1. The molecular formula is C11H14N2O2. The molecule has 1 aromatic rings. The summed E-state index contributed by atoms with van der Waals surface area (Å²) in [5, 5.41) is 13.0. The van der Waals surface area contributed by atoms with Crippen molar-refractivity contribution in [3.63, 3.8) is 0 Å². The standard InChI is InChI=1S/C11H14N2O2/c1-8-7-13(12(2)11(8)15)9-5-3-4-6-10(9)14/h3-6,8,14H,7H2,1-2H3. The van der Waals surface area contributed by atoms with E-state index in [1.807, 2.05) is 13.0 Å². The molecule has 1 unspecified atom stereocenters. The van der Waals surface area contributed by atoms with Crippen LogP contribution in [0.1, 0.15) is 6.92 Å². The first-order valence-electron chi connectivity index (χ1n) is 4.94. The number of amides is 1. The molecule has 0 saturated carbocycles. The largest absolute Gasteiger partial charge is 0.506 e. The van der Waals surface area contributed by atoms with Gasteiger partial charge in [-0.3, -0.25) is 14.8 Å². The van der Waals surface area contributed by atoms with Crippen LogP contribution in [0.3, 0.4) is 0 Å². The second-order valence-electron chi connectivity index (χ2n) is 3.83. The summed E-state index contributed by atoms with van der Waals surface area (Å²) in [4.78, 5) is 11.6. The molecule has 1 amide bonds. The lowest BCUT2D eigenvalue weighted by atomic mass is 10.2. The normalized spacial score (nSPS) is 21.2. The molecule has 0 radical (unpaired) electrons. The van der Waals surface area contributed by atoms with Crippen LogP contribution in [0.2, 0.25) is 0 Å². The molecule has 1 fully saturated rings. The van der Waals surface area contributed by atoms with Gasteiger partial charge >= 0.3 is 0 Å². The zero-order valence-corrected chi connectivity index (χ0v) is 8.84. The summed E-state index contributed by atoms with van der Waals surface area (Å²) in [6, 6.07) is 7.03. The first kappa shape index (κ1) is 9.83. The Bertz CT molecular complexity index is 392. The smallest absolute Gasteiger partial charge is 0.245 e. The van der Waals surface area contributed by atoms with Crippen molar-refractivity contribution in [2.45, 2.75) is 6.92 Å². The van der Waals surface area contributed by atoms with E-state index in [0.29, 0.717) is 12.2 Å². The monoisotopic (exact) mass is 206 g/mol. The number of hydrogen-bond acceptors (Lipinski definition) is 3. The molecule has 1 aliphatic heterocycles. The maximum Gasteiger partial charge on any atom is 0.245 e. The van der Waals surface area contributed by atoms with Crippen LogP contribution in [0, 0.1) is 5.92 Å². The lowest BCUT2D eigenvalue weighted by Crippen LogP contribution is -2.35. The van der Waals surface area contributed by atoms with Crippen molar-refractivity contribution >= 4 is 11.6 Å². The average Bonchev–Trinajstić information content (AvgIpc) is 2.47. The molecule has 1 N–H and O–H groups in total. The summed E-state index contributed by atoms with van der Waals surface area (Å²) < 4.78 is 0. The summed E-state index contributed by atoms with van der Waals surface area (Å²) in [6.45, 7) is 2.51. The van der Waals surface area contributed by atoms with Gasteiger partial charge in [0.15, 0.2) is 0 Å². The molecule has 4 heteroatoms. The lowest BCUT2D eigenvalue weighted by molar-refractivity contribution is -0.129. The molecular weight excluding hydrogens is 192 g/mol. The highest BCUT2D eigenvalue weighted by molar-refractivity contribution is 5.84. The number of phenolic OH excluding ortho intramolecular Hbond substituents is 1. The first-order valence-corrected chi connectivity index (χ1v) is 4.94. The summed E-state index contributed by atoms with van der Waals surface area (Å²) in [5.41, 5.74) is 0.678. The molecule has 2 rings (SSSR count). The van der Waals surface area contributed by atoms with E-state index in [9.17, 15) is 9.90 Å². The number of hydrazine groups is 1. The SMILES string of the molecule is CC1CN(c2ccccc2O)N(C)C1=O. The fourth-order valence-corrected chi connectivity index (χ4v) is 1.84. The molecule has 1 aliphatic rings. The number of carbonyl (C=O) groups excluding carboxylic acids is 1. The Balaban J connectivity index is 2.34. The minimum Gasteiger partial charge on any atom is -0.506 e. The Morgan fingerprint density at radius 2 is 2.07 bits per heavy atom. The Kier molecular flexibility index (Phi) is 2.26. The van der Waals surface area contributed by atoms with Crippen LogP contribution in [0.5, 0.6) is 5.75 Å². The van der Waals surface area contributed by atoms with Gasteiger partial charge in [0.25, 0.3) is 0 Å². The molecule has 0 spiro atoms. The molecule has 1 heterocycles. The van der Waals surface area contributed by atoms with Crippen molar-refractivity contribution in [2.75, 3.05) is 18.6 Å². The van der Waals surface area contributed by atoms with E-state index in [4.69, 9.17) is 0 Å². The highest BCUT2D eigenvalue weighted by Gasteiger charge is 2.33. The van der Waals surface area contributed by atoms with Crippen LogP contribution in [0.25, 0.3) is 0 Å². The highest BCUT2D eigenvalue weighted by Crippen LogP contribution is 2.31. The second-order valence-corrected chi connectivity index (χ2v) is 3.83. The van der Waals surface area contributed by atoms with E-state index >= 15 is 0 Å². The third-order valence-corrected chi connectivity index (χ3v) is 2.71. The zero-order valence-electron chi connectivity index (χ0n) is 8.84. The van der Waals surface area contributed by atoms with Gasteiger partial charge < -0.3 is 5.11 Å². The predicted octanol–water partition coefficient (Wildman–Crippen LogP) is 1.22. The third kappa shape index (κ3) is 1.52. The lowest BCUT2D eigenvalue weighted by Gasteiger charge is -2.26. The van der Waals surface area contributed by atoms with Gasteiger partial charge in [-0.25, -0.2) is 0 Å². The van der Waals surface area contributed by atoms with Crippen molar-refractivity contribution in [3.05, 3.63) is 24.3 Å². The van der Waals surface area contributed by atoms with E-state index < -0.39 is 0 Å². The fourth-order valence-electron chi connectivity index (χ4n) is 1.84. The minimum absolute atomic E-state index is 0.0189. The zero-order chi connectivity index (χ0) is 11.0. The molecule has 0 bridgehead atoms. The topological polar surface area (TPSA) is 43.8 Å². The third-order valence-electron chi connectivity index (χ3n) is 2.71. The van der Waals surface area contributed by atoms with E-state index in [1.54, 1.807) is 35.3 Å².